The van der Waals surface area contributed by atoms with Gasteiger partial charge in [0, 0.05) is 15.9 Å². The van der Waals surface area contributed by atoms with Gasteiger partial charge in [-0.3, -0.25) is 0 Å². The molecular formula is C14H16BrNOS. The van der Waals surface area contributed by atoms with Gasteiger partial charge in [-0.05, 0) is 53.2 Å². The first-order chi connectivity index (χ1) is 8.70. The van der Waals surface area contributed by atoms with Gasteiger partial charge >= 0.3 is 0 Å². The number of hydrogen-bond donors (Lipinski definition) is 1. The molecule has 0 saturated heterocycles. The maximum atomic E-state index is 5.31. The molecule has 0 spiro atoms. The molecule has 0 saturated carbocycles. The lowest BCUT2D eigenvalue weighted by molar-refractivity contribution is 0.527. The van der Waals surface area contributed by atoms with Crippen molar-refractivity contribution in [2.24, 2.45) is 0 Å². The van der Waals surface area contributed by atoms with Gasteiger partial charge in [0.25, 0.3) is 0 Å². The Kier molecular flexibility index (Phi) is 4.92. The Morgan fingerprint density at radius 2 is 2.11 bits per heavy atom. The number of aryl methyl sites for hydroxylation is 1. The summed E-state index contributed by atoms with van der Waals surface area (Å²) in [6.07, 6.45) is 1.73. The van der Waals surface area contributed by atoms with Crippen molar-refractivity contribution >= 4 is 27.7 Å². The second-order valence-electron chi connectivity index (χ2n) is 3.99. The van der Waals surface area contributed by atoms with Gasteiger partial charge in [0.15, 0.2) is 0 Å². The Morgan fingerprint density at radius 3 is 2.72 bits per heavy atom. The molecule has 0 aliphatic rings. The van der Waals surface area contributed by atoms with Gasteiger partial charge in [-0.25, -0.2) is 0 Å². The van der Waals surface area contributed by atoms with Crippen LogP contribution in [0, 0.1) is 6.92 Å². The molecule has 1 aromatic carbocycles. The first kappa shape index (κ1) is 13.7. The molecular weight excluding hydrogens is 310 g/mol. The van der Waals surface area contributed by atoms with Gasteiger partial charge in [-0.15, -0.1) is 0 Å². The fraction of sp³-hybridized carbons (Fsp3) is 0.286. The van der Waals surface area contributed by atoms with Crippen molar-refractivity contribution in [2.45, 2.75) is 30.2 Å². The standard InChI is InChI=1S/C14H16BrNOS/c1-3-16-9-11-4-5-14(12(15)8-11)18-13-6-7-17-10(13)2/h4-8,16H,3,9H2,1-2H3. The average Bonchev–Trinajstić information content (AvgIpc) is 2.75. The minimum absolute atomic E-state index is 0.908. The van der Waals surface area contributed by atoms with E-state index < -0.39 is 0 Å². The predicted octanol–water partition coefficient (Wildman–Crippen LogP) is 4.61. The fourth-order valence-corrected chi connectivity index (χ4v) is 3.12. The van der Waals surface area contributed by atoms with Crippen LogP contribution in [-0.4, -0.2) is 6.54 Å². The maximum absolute atomic E-state index is 5.31. The first-order valence-corrected chi connectivity index (χ1v) is 7.52. The molecule has 96 valence electrons. The van der Waals surface area contributed by atoms with Crippen molar-refractivity contribution in [2.75, 3.05) is 6.54 Å². The van der Waals surface area contributed by atoms with Crippen molar-refractivity contribution < 1.29 is 4.42 Å². The molecule has 2 nitrogen and oxygen atoms in total. The van der Waals surface area contributed by atoms with Crippen molar-refractivity contribution in [3.05, 3.63) is 46.3 Å². The smallest absolute Gasteiger partial charge is 0.114 e. The molecule has 0 aliphatic carbocycles. The lowest BCUT2D eigenvalue weighted by Crippen LogP contribution is -2.11. The van der Waals surface area contributed by atoms with E-state index in [0.29, 0.717) is 0 Å². The van der Waals surface area contributed by atoms with E-state index in [9.17, 15) is 0 Å². The average molecular weight is 326 g/mol. The Hall–Kier alpha value is -0.710. The summed E-state index contributed by atoms with van der Waals surface area (Å²) in [5.41, 5.74) is 1.29. The van der Waals surface area contributed by atoms with Crippen LogP contribution >= 0.6 is 27.7 Å². The van der Waals surface area contributed by atoms with Crippen LogP contribution in [-0.2, 0) is 6.54 Å². The molecule has 2 rings (SSSR count). The van der Waals surface area contributed by atoms with Crippen LogP contribution in [0.2, 0.25) is 0 Å². The molecule has 0 unspecified atom stereocenters. The third-order valence-electron chi connectivity index (χ3n) is 2.61. The quantitative estimate of drug-likeness (QED) is 0.868. The van der Waals surface area contributed by atoms with Crippen molar-refractivity contribution in [3.63, 3.8) is 0 Å². The molecule has 2 aromatic rings. The number of nitrogens with one attached hydrogen (secondary N) is 1. The molecule has 1 heterocycles. The number of benzene rings is 1. The highest BCUT2D eigenvalue weighted by molar-refractivity contribution is 9.10. The molecule has 0 atom stereocenters. The summed E-state index contributed by atoms with van der Waals surface area (Å²) < 4.78 is 6.44. The van der Waals surface area contributed by atoms with Crippen molar-refractivity contribution in [1.29, 1.82) is 0 Å². The highest BCUT2D eigenvalue weighted by Crippen LogP contribution is 2.35. The zero-order valence-electron chi connectivity index (χ0n) is 10.5. The lowest BCUT2D eigenvalue weighted by Gasteiger charge is -2.07. The van der Waals surface area contributed by atoms with Crippen LogP contribution in [0.4, 0.5) is 0 Å². The minimum atomic E-state index is 0.908. The van der Waals surface area contributed by atoms with Crippen molar-refractivity contribution in [3.8, 4) is 0 Å². The molecule has 0 fully saturated rings. The van der Waals surface area contributed by atoms with Gasteiger partial charge in [0.05, 0.1) is 11.2 Å². The molecule has 1 aromatic heterocycles. The molecule has 18 heavy (non-hydrogen) atoms. The largest absolute Gasteiger partial charge is 0.468 e. The van der Waals surface area contributed by atoms with Crippen LogP contribution < -0.4 is 5.32 Å². The Morgan fingerprint density at radius 1 is 1.28 bits per heavy atom. The summed E-state index contributed by atoms with van der Waals surface area (Å²) in [5, 5.41) is 3.32. The van der Waals surface area contributed by atoms with E-state index in [1.165, 1.54) is 10.5 Å². The SMILES string of the molecule is CCNCc1ccc(Sc2ccoc2C)c(Br)c1. The van der Waals surface area contributed by atoms with E-state index in [4.69, 9.17) is 4.42 Å². The van der Waals surface area contributed by atoms with Crippen LogP contribution in [0.3, 0.4) is 0 Å². The molecule has 0 amide bonds. The first-order valence-electron chi connectivity index (χ1n) is 5.91. The maximum Gasteiger partial charge on any atom is 0.114 e. The van der Waals surface area contributed by atoms with E-state index in [-0.39, 0.29) is 0 Å². The van der Waals surface area contributed by atoms with Crippen LogP contribution in [0.5, 0.6) is 0 Å². The third kappa shape index (κ3) is 3.40. The number of rotatable bonds is 5. The fourth-order valence-electron chi connectivity index (χ4n) is 1.60. The summed E-state index contributed by atoms with van der Waals surface area (Å²) >= 11 is 5.35. The van der Waals surface area contributed by atoms with Gasteiger partial charge in [-0.2, -0.15) is 0 Å². The summed E-state index contributed by atoms with van der Waals surface area (Å²) in [5.74, 6) is 0.962. The van der Waals surface area contributed by atoms with Crippen LogP contribution in [0.25, 0.3) is 0 Å². The van der Waals surface area contributed by atoms with Gasteiger partial charge in [0.1, 0.15) is 5.76 Å². The highest BCUT2D eigenvalue weighted by Gasteiger charge is 2.07. The van der Waals surface area contributed by atoms with Gasteiger partial charge in [0.2, 0.25) is 0 Å². The molecule has 1 N–H and O–H groups in total. The topological polar surface area (TPSA) is 25.2 Å². The summed E-state index contributed by atoms with van der Waals surface area (Å²) in [6, 6.07) is 8.47. The summed E-state index contributed by atoms with van der Waals surface area (Å²) in [4.78, 5) is 2.37. The molecule has 0 radical (unpaired) electrons. The normalized spacial score (nSPS) is 10.8. The monoisotopic (exact) mass is 325 g/mol. The van der Waals surface area contributed by atoms with E-state index in [0.717, 1.165) is 28.2 Å². The number of halogens is 1. The summed E-state index contributed by atoms with van der Waals surface area (Å²) in [6.45, 7) is 5.99. The number of hydrogen-bond acceptors (Lipinski definition) is 3. The predicted molar refractivity (Wildman–Crippen MR) is 79.1 cm³/mol. The van der Waals surface area contributed by atoms with E-state index in [2.05, 4.69) is 46.4 Å². The van der Waals surface area contributed by atoms with Crippen molar-refractivity contribution in [1.82, 2.24) is 5.32 Å². The van der Waals surface area contributed by atoms with Crippen LogP contribution in [0.1, 0.15) is 18.2 Å². The minimum Gasteiger partial charge on any atom is -0.468 e. The molecule has 0 aliphatic heterocycles. The van der Waals surface area contributed by atoms with E-state index in [1.54, 1.807) is 18.0 Å². The zero-order valence-corrected chi connectivity index (χ0v) is 12.9. The van der Waals surface area contributed by atoms with E-state index >= 15 is 0 Å². The Balaban J connectivity index is 2.12. The highest BCUT2D eigenvalue weighted by atomic mass is 79.9. The summed E-state index contributed by atoms with van der Waals surface area (Å²) in [7, 11) is 0. The molecule has 0 bridgehead atoms. The molecule has 4 heteroatoms. The zero-order chi connectivity index (χ0) is 13.0. The van der Waals surface area contributed by atoms with Gasteiger partial charge in [-0.1, -0.05) is 24.8 Å². The van der Waals surface area contributed by atoms with Crippen LogP contribution in [0.15, 0.2) is 49.2 Å². The van der Waals surface area contributed by atoms with E-state index in [1.807, 2.05) is 13.0 Å². The number of furan rings is 1. The third-order valence-corrected chi connectivity index (χ3v) is 4.74. The Labute approximate surface area is 120 Å². The second kappa shape index (κ2) is 6.45. The Bertz CT molecular complexity index is 524. The lowest BCUT2D eigenvalue weighted by atomic mass is 10.2. The van der Waals surface area contributed by atoms with Gasteiger partial charge < -0.3 is 9.73 Å². The second-order valence-corrected chi connectivity index (χ2v) is 5.93.